The van der Waals surface area contributed by atoms with E-state index in [1.54, 1.807) is 6.08 Å². The molecule has 7 atom stereocenters. The van der Waals surface area contributed by atoms with Gasteiger partial charge < -0.3 is 10.2 Å². The molecule has 0 radical (unpaired) electrons. The highest BCUT2D eigenvalue weighted by Gasteiger charge is 2.60. The van der Waals surface area contributed by atoms with Crippen LogP contribution in [-0.2, 0) is 4.79 Å². The molecular weight excluding hydrogens is 276 g/mol. The Balaban J connectivity index is 1.75. The maximum Gasteiger partial charge on any atom is 0.155 e. The van der Waals surface area contributed by atoms with Crippen LogP contribution in [0.15, 0.2) is 11.6 Å². The molecule has 4 aliphatic rings. The fourth-order valence-electron chi connectivity index (χ4n) is 6.63. The zero-order valence-corrected chi connectivity index (χ0v) is 13.7. The molecule has 0 aromatic heterocycles. The van der Waals surface area contributed by atoms with Gasteiger partial charge in [0.15, 0.2) is 5.78 Å². The largest absolute Gasteiger partial charge is 0.393 e. The Hall–Kier alpha value is -0.670. The van der Waals surface area contributed by atoms with Gasteiger partial charge in [0.2, 0.25) is 0 Å². The van der Waals surface area contributed by atoms with Gasteiger partial charge in [-0.2, -0.15) is 0 Å². The van der Waals surface area contributed by atoms with E-state index < -0.39 is 6.10 Å². The fourth-order valence-corrected chi connectivity index (χ4v) is 6.63. The molecule has 4 rings (SSSR count). The minimum atomic E-state index is -0.495. The van der Waals surface area contributed by atoms with Crippen molar-refractivity contribution < 1.29 is 15.0 Å². The monoisotopic (exact) mass is 304 g/mol. The minimum Gasteiger partial charge on any atom is -0.393 e. The van der Waals surface area contributed by atoms with Crippen molar-refractivity contribution in [3.8, 4) is 0 Å². The van der Waals surface area contributed by atoms with Crippen LogP contribution in [0, 0.1) is 28.6 Å². The molecule has 3 saturated carbocycles. The predicted octanol–water partition coefficient (Wildman–Crippen LogP) is 2.85. The number of hydrogen-bond acceptors (Lipinski definition) is 3. The Morgan fingerprint density at radius 2 is 1.86 bits per heavy atom. The van der Waals surface area contributed by atoms with E-state index in [0.717, 1.165) is 31.3 Å². The first-order chi connectivity index (χ1) is 10.3. The van der Waals surface area contributed by atoms with Gasteiger partial charge in [-0.15, -0.1) is 0 Å². The van der Waals surface area contributed by atoms with Crippen molar-refractivity contribution in [2.24, 2.45) is 28.6 Å². The van der Waals surface area contributed by atoms with Gasteiger partial charge >= 0.3 is 0 Å². The molecule has 0 unspecified atom stereocenters. The van der Waals surface area contributed by atoms with Crippen LogP contribution < -0.4 is 0 Å². The van der Waals surface area contributed by atoms with E-state index in [0.29, 0.717) is 24.2 Å². The van der Waals surface area contributed by atoms with Crippen LogP contribution in [0.3, 0.4) is 0 Å². The average molecular weight is 304 g/mol. The summed E-state index contributed by atoms with van der Waals surface area (Å²) in [7, 11) is 0. The summed E-state index contributed by atoms with van der Waals surface area (Å²) >= 11 is 0. The van der Waals surface area contributed by atoms with Crippen LogP contribution in [0.5, 0.6) is 0 Å². The molecule has 3 heteroatoms. The molecule has 22 heavy (non-hydrogen) atoms. The molecule has 0 saturated heterocycles. The molecule has 122 valence electrons. The normalized spacial score (nSPS) is 54.3. The number of hydrogen-bond donors (Lipinski definition) is 2. The summed E-state index contributed by atoms with van der Waals surface area (Å²) in [5.74, 6) is 1.42. The van der Waals surface area contributed by atoms with E-state index >= 15 is 0 Å². The van der Waals surface area contributed by atoms with E-state index in [4.69, 9.17) is 0 Å². The van der Waals surface area contributed by atoms with Gasteiger partial charge in [-0.3, -0.25) is 4.79 Å². The van der Waals surface area contributed by atoms with Gasteiger partial charge in [-0.1, -0.05) is 13.8 Å². The summed E-state index contributed by atoms with van der Waals surface area (Å²) in [4.78, 5) is 11.8. The minimum absolute atomic E-state index is 0.0418. The van der Waals surface area contributed by atoms with Crippen LogP contribution in [-0.4, -0.2) is 28.2 Å². The van der Waals surface area contributed by atoms with Crippen LogP contribution in [0.1, 0.15) is 58.8 Å². The van der Waals surface area contributed by atoms with E-state index in [1.165, 1.54) is 12.8 Å². The lowest BCUT2D eigenvalue weighted by molar-refractivity contribution is -0.121. The van der Waals surface area contributed by atoms with Crippen molar-refractivity contribution in [2.75, 3.05) is 0 Å². The van der Waals surface area contributed by atoms with Crippen molar-refractivity contribution in [1.29, 1.82) is 0 Å². The van der Waals surface area contributed by atoms with Gasteiger partial charge in [0.05, 0.1) is 12.2 Å². The van der Waals surface area contributed by atoms with Gasteiger partial charge in [0, 0.05) is 6.42 Å². The first kappa shape index (κ1) is 14.9. The van der Waals surface area contributed by atoms with Crippen molar-refractivity contribution >= 4 is 5.78 Å². The Morgan fingerprint density at radius 3 is 2.64 bits per heavy atom. The summed E-state index contributed by atoms with van der Waals surface area (Å²) in [6, 6.07) is 0. The lowest BCUT2D eigenvalue weighted by Gasteiger charge is -2.58. The van der Waals surface area contributed by atoms with Gasteiger partial charge in [-0.05, 0) is 78.8 Å². The fraction of sp³-hybridized carbons (Fsp3) is 0.842. The first-order valence-corrected chi connectivity index (χ1v) is 8.96. The van der Waals surface area contributed by atoms with Crippen LogP contribution in [0.2, 0.25) is 0 Å². The molecule has 0 aliphatic heterocycles. The van der Waals surface area contributed by atoms with E-state index in [2.05, 4.69) is 13.8 Å². The summed E-state index contributed by atoms with van der Waals surface area (Å²) in [6.07, 6.45) is 7.65. The first-order valence-electron chi connectivity index (χ1n) is 8.96. The molecular formula is C19H28O3. The molecule has 0 aromatic carbocycles. The number of rotatable bonds is 0. The number of aliphatic hydroxyl groups excluding tert-OH is 2. The van der Waals surface area contributed by atoms with Crippen LogP contribution in [0.4, 0.5) is 0 Å². The van der Waals surface area contributed by atoms with Gasteiger partial charge in [0.25, 0.3) is 0 Å². The number of fused-ring (bicyclic) bond motifs is 5. The lowest BCUT2D eigenvalue weighted by atomic mass is 9.47. The average Bonchev–Trinajstić information content (AvgIpc) is 2.77. The van der Waals surface area contributed by atoms with E-state index in [1.807, 2.05) is 0 Å². The highest BCUT2D eigenvalue weighted by Crippen LogP contribution is 2.65. The number of aliphatic hydroxyl groups is 2. The van der Waals surface area contributed by atoms with Crippen molar-refractivity contribution in [3.63, 3.8) is 0 Å². The predicted molar refractivity (Wildman–Crippen MR) is 84.1 cm³/mol. The molecule has 2 N–H and O–H groups in total. The van der Waals surface area contributed by atoms with Crippen molar-refractivity contribution in [1.82, 2.24) is 0 Å². The molecule has 3 fully saturated rings. The summed E-state index contributed by atoms with van der Waals surface area (Å²) in [5, 5.41) is 21.3. The molecule has 0 bridgehead atoms. The third-order valence-corrected chi connectivity index (χ3v) is 7.77. The maximum atomic E-state index is 11.8. The lowest BCUT2D eigenvalue weighted by Crippen LogP contribution is -2.54. The molecule has 0 aromatic rings. The Morgan fingerprint density at radius 1 is 1.14 bits per heavy atom. The van der Waals surface area contributed by atoms with Crippen molar-refractivity contribution in [2.45, 2.75) is 71.0 Å². The number of ketones is 1. The molecule has 0 amide bonds. The molecule has 0 spiro atoms. The Bertz CT molecular complexity index is 539. The highest BCUT2D eigenvalue weighted by molar-refractivity contribution is 5.91. The third-order valence-electron chi connectivity index (χ3n) is 7.77. The topological polar surface area (TPSA) is 57.5 Å². The Kier molecular flexibility index (Phi) is 3.16. The summed E-state index contributed by atoms with van der Waals surface area (Å²) < 4.78 is 0. The highest BCUT2D eigenvalue weighted by atomic mass is 16.3. The van der Waals surface area contributed by atoms with E-state index in [-0.39, 0.29) is 22.7 Å². The van der Waals surface area contributed by atoms with Gasteiger partial charge in [-0.25, -0.2) is 0 Å². The second-order valence-corrected chi connectivity index (χ2v) is 8.83. The van der Waals surface area contributed by atoms with Crippen LogP contribution >= 0.6 is 0 Å². The molecule has 3 nitrogen and oxygen atoms in total. The summed E-state index contributed by atoms with van der Waals surface area (Å²) in [5.41, 5.74) is 1.20. The maximum absolute atomic E-state index is 11.8. The SMILES string of the molecule is C[C@]12CC[C@@H](O)[C@@H]1[C@H]1C[C@H](O)C3=CC(=O)CC[C@]3(C)[C@@H]1CC2. The standard InChI is InChI=1S/C19H28O3/c1-18-6-4-13-12(17(18)15(21)5-7-18)10-16(22)14-9-11(20)3-8-19(13,14)2/h9,12-13,15-17,21-22H,3-8,10H2,1-2H3/t12-,13+,15+,16-,17-,18-,19+/m0/s1. The van der Waals surface area contributed by atoms with E-state index in [9.17, 15) is 15.0 Å². The Labute approximate surface area is 132 Å². The van der Waals surface area contributed by atoms with Gasteiger partial charge in [0.1, 0.15) is 0 Å². The zero-order valence-electron chi connectivity index (χ0n) is 13.7. The van der Waals surface area contributed by atoms with Crippen molar-refractivity contribution in [3.05, 3.63) is 11.6 Å². The quantitative estimate of drug-likeness (QED) is 0.723. The molecule has 0 heterocycles. The van der Waals surface area contributed by atoms with Crippen LogP contribution in [0.25, 0.3) is 0 Å². The number of carbonyl (C=O) groups excluding carboxylic acids is 1. The molecule has 4 aliphatic carbocycles. The smallest absolute Gasteiger partial charge is 0.155 e. The third kappa shape index (κ3) is 1.85. The second-order valence-electron chi connectivity index (χ2n) is 8.83. The zero-order chi connectivity index (χ0) is 15.7. The number of carbonyl (C=O) groups is 1. The summed E-state index contributed by atoms with van der Waals surface area (Å²) in [6.45, 7) is 4.60. The second kappa shape index (κ2) is 4.67.